The Labute approximate surface area is 145 Å². The van der Waals surface area contributed by atoms with E-state index in [0.29, 0.717) is 11.0 Å². The van der Waals surface area contributed by atoms with E-state index >= 15 is 0 Å². The topological polar surface area (TPSA) is 30.7 Å². The molecule has 0 unspecified atom stereocenters. The maximum Gasteiger partial charge on any atom is 0.147 e. The van der Waals surface area contributed by atoms with Crippen LogP contribution in [0.5, 0.6) is 0 Å². The maximum absolute atomic E-state index is 14.3. The highest BCUT2D eigenvalue weighted by Crippen LogP contribution is 2.30. The first-order valence-electron chi connectivity index (χ1n) is 7.74. The summed E-state index contributed by atoms with van der Waals surface area (Å²) >= 11 is 0. The van der Waals surface area contributed by atoms with Gasteiger partial charge in [-0.15, -0.1) is 0 Å². The number of aromatic nitrogens is 3. The van der Waals surface area contributed by atoms with Crippen molar-refractivity contribution in [2.45, 2.75) is 6.54 Å². The molecular weight excluding hydrogens is 346 g/mol. The second kappa shape index (κ2) is 6.25. The van der Waals surface area contributed by atoms with E-state index in [9.17, 15) is 17.6 Å². The molecule has 0 spiro atoms. The molecule has 3 nitrogen and oxygen atoms in total. The monoisotopic (exact) mass is 357 g/mol. The highest BCUT2D eigenvalue weighted by atomic mass is 19.1. The molecule has 0 saturated heterocycles. The minimum Gasteiger partial charge on any atom is -0.318 e. The summed E-state index contributed by atoms with van der Waals surface area (Å²) in [4.78, 5) is 8.23. The van der Waals surface area contributed by atoms with Gasteiger partial charge in [0.1, 0.15) is 29.1 Å². The summed E-state index contributed by atoms with van der Waals surface area (Å²) in [7, 11) is 0. The number of imidazole rings is 1. The second-order valence-electron chi connectivity index (χ2n) is 5.68. The van der Waals surface area contributed by atoms with Crippen molar-refractivity contribution in [2.24, 2.45) is 0 Å². The van der Waals surface area contributed by atoms with E-state index in [2.05, 4.69) is 9.97 Å². The average Bonchev–Trinajstić information content (AvgIpc) is 2.96. The maximum atomic E-state index is 14.3. The van der Waals surface area contributed by atoms with Crippen LogP contribution in [0.2, 0.25) is 0 Å². The van der Waals surface area contributed by atoms with Gasteiger partial charge in [-0.1, -0.05) is 12.1 Å². The minimum atomic E-state index is -0.816. The van der Waals surface area contributed by atoms with Gasteiger partial charge < -0.3 is 4.57 Å². The molecule has 2 aromatic heterocycles. The fraction of sp³-hybridized carbons (Fsp3) is 0.0526. The molecule has 2 heterocycles. The highest BCUT2D eigenvalue weighted by Gasteiger charge is 2.21. The Morgan fingerprint density at radius 2 is 1.42 bits per heavy atom. The van der Waals surface area contributed by atoms with E-state index < -0.39 is 23.3 Å². The Balaban J connectivity index is 1.99. The quantitative estimate of drug-likeness (QED) is 0.498. The molecule has 0 atom stereocenters. The number of benzene rings is 2. The number of halogens is 4. The van der Waals surface area contributed by atoms with Crippen LogP contribution < -0.4 is 0 Å². The largest absolute Gasteiger partial charge is 0.318 e. The zero-order chi connectivity index (χ0) is 18.3. The van der Waals surface area contributed by atoms with Gasteiger partial charge in [0, 0.05) is 11.8 Å². The second-order valence-corrected chi connectivity index (χ2v) is 5.68. The first kappa shape index (κ1) is 16.3. The van der Waals surface area contributed by atoms with Gasteiger partial charge >= 0.3 is 0 Å². The molecule has 0 bridgehead atoms. The highest BCUT2D eigenvalue weighted by molar-refractivity contribution is 5.80. The molecule has 0 amide bonds. The van der Waals surface area contributed by atoms with Gasteiger partial charge in [0.25, 0.3) is 0 Å². The van der Waals surface area contributed by atoms with Crippen molar-refractivity contribution in [3.63, 3.8) is 0 Å². The van der Waals surface area contributed by atoms with E-state index in [1.165, 1.54) is 29.1 Å². The van der Waals surface area contributed by atoms with Gasteiger partial charge in [0.05, 0.1) is 29.3 Å². The lowest BCUT2D eigenvalue weighted by Gasteiger charge is -2.12. The minimum absolute atomic E-state index is 0.0637. The normalized spacial score (nSPS) is 11.2. The molecule has 130 valence electrons. The molecule has 26 heavy (non-hydrogen) atoms. The Hall–Kier alpha value is -3.22. The van der Waals surface area contributed by atoms with E-state index in [0.717, 1.165) is 24.3 Å². The van der Waals surface area contributed by atoms with Crippen molar-refractivity contribution in [3.8, 4) is 11.4 Å². The summed E-state index contributed by atoms with van der Waals surface area (Å²) < 4.78 is 58.1. The third kappa shape index (κ3) is 2.61. The fourth-order valence-electron chi connectivity index (χ4n) is 2.87. The van der Waals surface area contributed by atoms with Crippen LogP contribution in [0, 0.1) is 23.3 Å². The Kier molecular flexibility index (Phi) is 3.91. The summed E-state index contributed by atoms with van der Waals surface area (Å²) in [6.07, 6.45) is 2.91. The van der Waals surface area contributed by atoms with E-state index in [-0.39, 0.29) is 23.5 Å². The first-order valence-corrected chi connectivity index (χ1v) is 7.74. The van der Waals surface area contributed by atoms with Gasteiger partial charge in [-0.25, -0.2) is 22.5 Å². The molecule has 2 aromatic carbocycles. The lowest BCUT2D eigenvalue weighted by molar-refractivity contribution is 0.546. The van der Waals surface area contributed by atoms with Crippen LogP contribution in [0.4, 0.5) is 17.6 Å². The standard InChI is InChI=1S/C19H11F4N3/c20-12-3-1-4-13(21)11(12)10-26-17-9-24-8-7-16(17)25-19(26)18-14(22)5-2-6-15(18)23/h1-9H,10H2. The van der Waals surface area contributed by atoms with Gasteiger partial charge in [0.15, 0.2) is 0 Å². The molecule has 4 rings (SSSR count). The van der Waals surface area contributed by atoms with Gasteiger partial charge in [-0.05, 0) is 30.3 Å². The average molecular weight is 357 g/mol. The van der Waals surface area contributed by atoms with Crippen molar-refractivity contribution < 1.29 is 17.6 Å². The van der Waals surface area contributed by atoms with Crippen LogP contribution in [0.25, 0.3) is 22.4 Å². The number of fused-ring (bicyclic) bond motifs is 1. The molecule has 0 N–H and O–H groups in total. The third-order valence-electron chi connectivity index (χ3n) is 4.11. The van der Waals surface area contributed by atoms with Crippen molar-refractivity contribution in [1.29, 1.82) is 0 Å². The first-order chi connectivity index (χ1) is 12.6. The van der Waals surface area contributed by atoms with Gasteiger partial charge in [0.2, 0.25) is 0 Å². The molecule has 0 aliphatic carbocycles. The van der Waals surface area contributed by atoms with Gasteiger partial charge in [-0.2, -0.15) is 0 Å². The van der Waals surface area contributed by atoms with Crippen LogP contribution in [-0.4, -0.2) is 14.5 Å². The zero-order valence-corrected chi connectivity index (χ0v) is 13.3. The Bertz CT molecular complexity index is 1080. The number of nitrogens with zero attached hydrogens (tertiary/aromatic N) is 3. The van der Waals surface area contributed by atoms with Crippen LogP contribution in [0.1, 0.15) is 5.56 Å². The zero-order valence-electron chi connectivity index (χ0n) is 13.3. The van der Waals surface area contributed by atoms with E-state index in [1.807, 2.05) is 0 Å². The van der Waals surface area contributed by atoms with E-state index in [1.54, 1.807) is 6.07 Å². The molecule has 0 saturated carbocycles. The fourth-order valence-corrected chi connectivity index (χ4v) is 2.87. The Morgan fingerprint density at radius 3 is 2.08 bits per heavy atom. The van der Waals surface area contributed by atoms with Crippen molar-refractivity contribution in [1.82, 2.24) is 14.5 Å². The lowest BCUT2D eigenvalue weighted by Crippen LogP contribution is -2.08. The van der Waals surface area contributed by atoms with Crippen LogP contribution in [0.15, 0.2) is 54.9 Å². The molecule has 0 fully saturated rings. The number of hydrogen-bond donors (Lipinski definition) is 0. The van der Waals surface area contributed by atoms with Crippen LogP contribution in [0.3, 0.4) is 0 Å². The summed E-state index contributed by atoms with van der Waals surface area (Å²) in [5, 5.41) is 0. The molecular formula is C19H11F4N3. The van der Waals surface area contributed by atoms with E-state index in [4.69, 9.17) is 0 Å². The summed E-state index contributed by atoms with van der Waals surface area (Å²) in [6.45, 7) is -0.288. The smallest absolute Gasteiger partial charge is 0.147 e. The number of hydrogen-bond acceptors (Lipinski definition) is 2. The molecule has 4 aromatic rings. The number of pyridine rings is 1. The SMILES string of the molecule is Fc1cccc(F)c1Cn1c(-c2c(F)cccc2F)nc2ccncc21. The molecule has 0 aliphatic rings. The number of rotatable bonds is 3. The summed E-state index contributed by atoms with van der Waals surface area (Å²) in [6, 6.07) is 8.50. The predicted molar refractivity (Wildman–Crippen MR) is 88.3 cm³/mol. The van der Waals surface area contributed by atoms with Crippen LogP contribution >= 0.6 is 0 Å². The molecule has 7 heteroatoms. The van der Waals surface area contributed by atoms with Gasteiger partial charge in [-0.3, -0.25) is 4.98 Å². The Morgan fingerprint density at radius 1 is 0.808 bits per heavy atom. The van der Waals surface area contributed by atoms with Crippen molar-refractivity contribution in [3.05, 3.63) is 83.7 Å². The summed E-state index contributed by atoms with van der Waals surface area (Å²) in [5.41, 5.74) is 0.233. The third-order valence-corrected chi connectivity index (χ3v) is 4.11. The van der Waals surface area contributed by atoms with Crippen molar-refractivity contribution in [2.75, 3.05) is 0 Å². The predicted octanol–water partition coefficient (Wildman–Crippen LogP) is 4.70. The molecule has 0 radical (unpaired) electrons. The van der Waals surface area contributed by atoms with Crippen molar-refractivity contribution >= 4 is 11.0 Å². The lowest BCUT2D eigenvalue weighted by atomic mass is 10.1. The molecule has 0 aliphatic heterocycles. The summed E-state index contributed by atoms with van der Waals surface area (Å²) in [5.74, 6) is -3.20. The van der Waals surface area contributed by atoms with Crippen LogP contribution in [-0.2, 0) is 6.54 Å².